The second-order valence-corrected chi connectivity index (χ2v) is 6.58. The van der Waals surface area contributed by atoms with Crippen LogP contribution in [0.3, 0.4) is 0 Å². The van der Waals surface area contributed by atoms with Gasteiger partial charge in [0.1, 0.15) is 9.84 Å². The largest absolute Gasteiger partial charge is 0.366 e. The molecule has 100 valence electrons. The van der Waals surface area contributed by atoms with Crippen LogP contribution in [-0.4, -0.2) is 32.4 Å². The summed E-state index contributed by atoms with van der Waals surface area (Å²) in [6, 6.07) is 6.82. The number of rotatable bonds is 6. The fourth-order valence-corrected chi connectivity index (χ4v) is 2.74. The van der Waals surface area contributed by atoms with E-state index in [4.69, 9.17) is 5.73 Å². The summed E-state index contributed by atoms with van der Waals surface area (Å²) in [4.78, 5) is 11.2. The van der Waals surface area contributed by atoms with Crippen LogP contribution in [0.25, 0.3) is 0 Å². The minimum atomic E-state index is -3.01. The topological polar surface area (TPSA) is 89.3 Å². The second-order valence-electron chi connectivity index (χ2n) is 4.40. The summed E-state index contributed by atoms with van der Waals surface area (Å²) in [7, 11) is -3.01. The molecular weight excluding hydrogens is 252 g/mol. The maximum Gasteiger partial charge on any atom is 0.249 e. The van der Waals surface area contributed by atoms with Crippen LogP contribution in [0.15, 0.2) is 24.3 Å². The van der Waals surface area contributed by atoms with Gasteiger partial charge in [0.2, 0.25) is 5.91 Å². The van der Waals surface area contributed by atoms with Crippen LogP contribution >= 0.6 is 0 Å². The van der Waals surface area contributed by atoms with Gasteiger partial charge in [0, 0.05) is 24.4 Å². The molecule has 0 spiro atoms. The van der Waals surface area contributed by atoms with Crippen molar-refractivity contribution in [2.24, 2.45) is 5.73 Å². The Hall–Kier alpha value is -1.40. The minimum Gasteiger partial charge on any atom is -0.366 e. The molecule has 3 N–H and O–H groups in total. The SMILES string of the molecule is CC(CS(C)(=O)=O)NCc1ccccc1C(N)=O. The summed E-state index contributed by atoms with van der Waals surface area (Å²) in [5, 5.41) is 3.06. The summed E-state index contributed by atoms with van der Waals surface area (Å²) in [5.41, 5.74) is 6.48. The fourth-order valence-electron chi connectivity index (χ4n) is 1.71. The third kappa shape index (κ3) is 4.85. The molecule has 0 aliphatic carbocycles. The van der Waals surface area contributed by atoms with Crippen molar-refractivity contribution in [1.82, 2.24) is 5.32 Å². The highest BCUT2D eigenvalue weighted by molar-refractivity contribution is 7.90. The number of amides is 1. The number of nitrogens with one attached hydrogen (secondary N) is 1. The van der Waals surface area contributed by atoms with E-state index in [-0.39, 0.29) is 11.8 Å². The predicted molar refractivity (Wildman–Crippen MR) is 71.0 cm³/mol. The number of carbonyl (C=O) groups is 1. The van der Waals surface area contributed by atoms with Crippen molar-refractivity contribution in [1.29, 1.82) is 0 Å². The molecule has 0 aromatic heterocycles. The van der Waals surface area contributed by atoms with Gasteiger partial charge >= 0.3 is 0 Å². The van der Waals surface area contributed by atoms with Gasteiger partial charge in [-0.25, -0.2) is 8.42 Å². The quantitative estimate of drug-likeness (QED) is 0.778. The van der Waals surface area contributed by atoms with Crippen LogP contribution in [0.4, 0.5) is 0 Å². The summed E-state index contributed by atoms with van der Waals surface area (Å²) in [6.07, 6.45) is 1.20. The molecule has 0 radical (unpaired) electrons. The molecule has 0 heterocycles. The van der Waals surface area contributed by atoms with Crippen LogP contribution in [0.2, 0.25) is 0 Å². The summed E-state index contributed by atoms with van der Waals surface area (Å²) in [5.74, 6) is -0.422. The average molecular weight is 270 g/mol. The Labute approximate surface area is 107 Å². The van der Waals surface area contributed by atoms with Crippen molar-refractivity contribution in [3.63, 3.8) is 0 Å². The summed E-state index contributed by atoms with van der Waals surface area (Å²) < 4.78 is 22.2. The first kappa shape index (κ1) is 14.7. The molecular formula is C12H18N2O3S. The van der Waals surface area contributed by atoms with E-state index in [0.717, 1.165) is 5.56 Å². The first-order valence-electron chi connectivity index (χ1n) is 5.58. The highest BCUT2D eigenvalue weighted by atomic mass is 32.2. The molecule has 1 amide bonds. The van der Waals surface area contributed by atoms with E-state index in [1.807, 2.05) is 6.07 Å². The molecule has 0 bridgehead atoms. The van der Waals surface area contributed by atoms with E-state index in [2.05, 4.69) is 5.32 Å². The zero-order valence-corrected chi connectivity index (χ0v) is 11.3. The Morgan fingerprint density at radius 3 is 2.56 bits per heavy atom. The minimum absolute atomic E-state index is 0.0612. The number of sulfone groups is 1. The lowest BCUT2D eigenvalue weighted by Gasteiger charge is -2.14. The summed E-state index contributed by atoms with van der Waals surface area (Å²) >= 11 is 0. The predicted octanol–water partition coefficient (Wildman–Crippen LogP) is 0.308. The maximum atomic E-state index is 11.2. The van der Waals surface area contributed by atoms with E-state index in [1.54, 1.807) is 25.1 Å². The monoisotopic (exact) mass is 270 g/mol. The lowest BCUT2D eigenvalue weighted by molar-refractivity contribution is 0.0999. The molecule has 1 unspecified atom stereocenters. The normalized spacial score (nSPS) is 13.2. The molecule has 1 atom stereocenters. The number of benzene rings is 1. The Bertz CT molecular complexity index is 526. The number of hydrogen-bond acceptors (Lipinski definition) is 4. The molecule has 0 aliphatic heterocycles. The van der Waals surface area contributed by atoms with Crippen LogP contribution < -0.4 is 11.1 Å². The molecule has 0 aliphatic rings. The standard InChI is InChI=1S/C12H18N2O3S/c1-9(8-18(2,16)17)14-7-10-5-3-4-6-11(10)12(13)15/h3-6,9,14H,7-8H2,1-2H3,(H2,13,15). The molecule has 5 nitrogen and oxygen atoms in total. The number of hydrogen-bond donors (Lipinski definition) is 2. The van der Waals surface area contributed by atoms with Crippen molar-refractivity contribution in [3.8, 4) is 0 Å². The van der Waals surface area contributed by atoms with Crippen LogP contribution in [0.1, 0.15) is 22.8 Å². The van der Waals surface area contributed by atoms with Crippen molar-refractivity contribution in [2.45, 2.75) is 19.5 Å². The van der Waals surface area contributed by atoms with Gasteiger partial charge in [-0.15, -0.1) is 0 Å². The third-order valence-corrected chi connectivity index (χ3v) is 3.58. The summed E-state index contributed by atoms with van der Waals surface area (Å²) in [6.45, 7) is 2.20. The van der Waals surface area contributed by atoms with E-state index in [1.165, 1.54) is 6.26 Å². The van der Waals surface area contributed by atoms with Gasteiger partial charge in [-0.3, -0.25) is 4.79 Å². The molecule has 0 saturated carbocycles. The van der Waals surface area contributed by atoms with E-state index in [9.17, 15) is 13.2 Å². The van der Waals surface area contributed by atoms with Gasteiger partial charge in [-0.2, -0.15) is 0 Å². The Morgan fingerprint density at radius 1 is 1.39 bits per heavy atom. The third-order valence-electron chi connectivity index (χ3n) is 2.48. The number of carbonyl (C=O) groups excluding carboxylic acids is 1. The van der Waals surface area contributed by atoms with Crippen LogP contribution in [0, 0.1) is 0 Å². The average Bonchev–Trinajstić information content (AvgIpc) is 2.24. The van der Waals surface area contributed by atoms with Gasteiger partial charge in [0.15, 0.2) is 0 Å². The molecule has 1 aromatic rings. The van der Waals surface area contributed by atoms with Gasteiger partial charge < -0.3 is 11.1 Å². The Balaban J connectivity index is 2.67. The highest BCUT2D eigenvalue weighted by Crippen LogP contribution is 2.08. The lowest BCUT2D eigenvalue weighted by Crippen LogP contribution is -2.32. The van der Waals surface area contributed by atoms with Crippen molar-refractivity contribution in [2.75, 3.05) is 12.0 Å². The smallest absolute Gasteiger partial charge is 0.249 e. The highest BCUT2D eigenvalue weighted by Gasteiger charge is 2.12. The zero-order chi connectivity index (χ0) is 13.8. The van der Waals surface area contributed by atoms with Gasteiger partial charge in [-0.1, -0.05) is 18.2 Å². The van der Waals surface area contributed by atoms with Crippen LogP contribution in [-0.2, 0) is 16.4 Å². The first-order chi connectivity index (χ1) is 8.29. The maximum absolute atomic E-state index is 11.2. The number of primary amides is 1. The van der Waals surface area contributed by atoms with Gasteiger partial charge in [-0.05, 0) is 18.6 Å². The second kappa shape index (κ2) is 5.97. The molecule has 18 heavy (non-hydrogen) atoms. The number of nitrogens with two attached hydrogens (primary N) is 1. The van der Waals surface area contributed by atoms with Crippen molar-refractivity contribution in [3.05, 3.63) is 35.4 Å². The van der Waals surface area contributed by atoms with Crippen LogP contribution in [0.5, 0.6) is 0 Å². The van der Waals surface area contributed by atoms with Crippen molar-refractivity contribution >= 4 is 15.7 Å². The molecule has 1 rings (SSSR count). The van der Waals surface area contributed by atoms with E-state index < -0.39 is 15.7 Å². The zero-order valence-electron chi connectivity index (χ0n) is 10.5. The molecule has 6 heteroatoms. The molecule has 0 saturated heterocycles. The van der Waals surface area contributed by atoms with Gasteiger partial charge in [0.05, 0.1) is 5.75 Å². The lowest BCUT2D eigenvalue weighted by atomic mass is 10.1. The first-order valence-corrected chi connectivity index (χ1v) is 7.64. The van der Waals surface area contributed by atoms with E-state index >= 15 is 0 Å². The Kier molecular flexibility index (Phi) is 4.86. The van der Waals surface area contributed by atoms with Crippen molar-refractivity contribution < 1.29 is 13.2 Å². The van der Waals surface area contributed by atoms with Gasteiger partial charge in [0.25, 0.3) is 0 Å². The Morgan fingerprint density at radius 2 is 2.00 bits per heavy atom. The fraction of sp³-hybridized carbons (Fsp3) is 0.417. The molecule has 0 fully saturated rings. The van der Waals surface area contributed by atoms with E-state index in [0.29, 0.717) is 12.1 Å². The molecule has 1 aromatic carbocycles.